The summed E-state index contributed by atoms with van der Waals surface area (Å²) in [5.74, 6) is 2.07. The van der Waals surface area contributed by atoms with Crippen LogP contribution < -0.4 is 4.90 Å². The number of Topliss-reactive ketones (excluding diaryl/α,β-unsaturated/α-hetero) is 1. The highest BCUT2D eigenvalue weighted by Gasteiger charge is 2.35. The molecule has 1 aliphatic rings. The summed E-state index contributed by atoms with van der Waals surface area (Å²) < 4.78 is 12.3. The van der Waals surface area contributed by atoms with E-state index in [0.29, 0.717) is 16.1 Å². The Balaban J connectivity index is 2.61. The maximum atomic E-state index is 12.3. The molecule has 0 fully saturated rings. The van der Waals surface area contributed by atoms with Gasteiger partial charge in [0.1, 0.15) is 5.25 Å². The molecule has 19 heavy (non-hydrogen) atoms. The molecule has 0 bridgehead atoms. The van der Waals surface area contributed by atoms with Crippen LogP contribution in [0.4, 0.5) is 5.69 Å². The lowest BCUT2D eigenvalue weighted by Crippen LogP contribution is -2.44. The van der Waals surface area contributed by atoms with E-state index in [1.54, 1.807) is 25.1 Å². The van der Waals surface area contributed by atoms with Crippen molar-refractivity contribution in [2.24, 2.45) is 0 Å². The lowest BCUT2D eigenvalue weighted by molar-refractivity contribution is -0.117. The zero-order valence-corrected chi connectivity index (χ0v) is 11.5. The second kappa shape index (κ2) is 4.98. The lowest BCUT2D eigenvalue weighted by atomic mass is 10.1. The Morgan fingerprint density at radius 1 is 1.53 bits per heavy atom. The van der Waals surface area contributed by atoms with Crippen LogP contribution in [0.2, 0.25) is 0 Å². The monoisotopic (exact) mass is 275 g/mol. The van der Waals surface area contributed by atoms with Crippen LogP contribution in [-0.2, 0) is 15.6 Å². The fraction of sp³-hybridized carbons (Fsp3) is 0.286. The van der Waals surface area contributed by atoms with Gasteiger partial charge in [-0.05, 0) is 32.0 Å². The van der Waals surface area contributed by atoms with E-state index in [1.165, 1.54) is 11.8 Å². The Kier molecular flexibility index (Phi) is 3.54. The van der Waals surface area contributed by atoms with E-state index in [4.69, 9.17) is 6.42 Å². The SMILES string of the molecule is C#CCN1C(=O)C(C)S(=O)c2cc(C(C)=O)ccc21. The number of ketones is 1. The van der Waals surface area contributed by atoms with Gasteiger partial charge in [-0.1, -0.05) is 5.92 Å². The van der Waals surface area contributed by atoms with E-state index >= 15 is 0 Å². The van der Waals surface area contributed by atoms with Crippen LogP contribution >= 0.6 is 0 Å². The Labute approximate surface area is 114 Å². The molecule has 2 unspecified atom stereocenters. The van der Waals surface area contributed by atoms with Crippen LogP contribution in [0.25, 0.3) is 0 Å². The molecule has 4 nitrogen and oxygen atoms in total. The molecule has 0 radical (unpaired) electrons. The van der Waals surface area contributed by atoms with Gasteiger partial charge in [-0.15, -0.1) is 6.42 Å². The van der Waals surface area contributed by atoms with Gasteiger partial charge in [0, 0.05) is 5.56 Å². The van der Waals surface area contributed by atoms with Gasteiger partial charge in [-0.2, -0.15) is 0 Å². The molecular weight excluding hydrogens is 262 g/mol. The van der Waals surface area contributed by atoms with Crippen molar-refractivity contribution < 1.29 is 13.8 Å². The number of benzene rings is 1. The number of anilines is 1. The van der Waals surface area contributed by atoms with Crippen molar-refractivity contribution in [3.8, 4) is 12.3 Å². The highest BCUT2D eigenvalue weighted by atomic mass is 32.2. The quantitative estimate of drug-likeness (QED) is 0.605. The molecule has 0 aliphatic carbocycles. The molecule has 0 saturated carbocycles. The summed E-state index contributed by atoms with van der Waals surface area (Å²) in [6.45, 7) is 3.18. The van der Waals surface area contributed by atoms with E-state index < -0.39 is 16.0 Å². The molecule has 0 saturated heterocycles. The molecular formula is C14H13NO3S. The summed E-state index contributed by atoms with van der Waals surface area (Å²) in [6, 6.07) is 4.83. The van der Waals surface area contributed by atoms with Crippen molar-refractivity contribution in [3.05, 3.63) is 23.8 Å². The summed E-state index contributed by atoms with van der Waals surface area (Å²) in [6.07, 6.45) is 5.26. The average molecular weight is 275 g/mol. The molecule has 1 aromatic rings. The van der Waals surface area contributed by atoms with Crippen molar-refractivity contribution in [2.75, 3.05) is 11.4 Å². The third kappa shape index (κ3) is 2.20. The number of rotatable bonds is 2. The third-order valence-corrected chi connectivity index (χ3v) is 4.66. The van der Waals surface area contributed by atoms with Crippen molar-refractivity contribution >= 4 is 28.2 Å². The second-order valence-electron chi connectivity index (χ2n) is 4.31. The average Bonchev–Trinajstić information content (AvgIpc) is 2.40. The van der Waals surface area contributed by atoms with Crippen LogP contribution in [0.3, 0.4) is 0 Å². The Morgan fingerprint density at radius 3 is 2.79 bits per heavy atom. The molecule has 98 valence electrons. The molecule has 0 spiro atoms. The number of fused-ring (bicyclic) bond motifs is 1. The summed E-state index contributed by atoms with van der Waals surface area (Å²) >= 11 is 0. The second-order valence-corrected chi connectivity index (χ2v) is 6.05. The molecule has 1 aromatic carbocycles. The Hall–Kier alpha value is -1.93. The fourth-order valence-corrected chi connectivity index (χ4v) is 3.31. The zero-order chi connectivity index (χ0) is 14.2. The minimum Gasteiger partial charge on any atom is -0.299 e. The largest absolute Gasteiger partial charge is 0.299 e. The van der Waals surface area contributed by atoms with Gasteiger partial charge in [0.25, 0.3) is 0 Å². The first kappa shape index (κ1) is 13.5. The topological polar surface area (TPSA) is 54.5 Å². The van der Waals surface area contributed by atoms with E-state index in [2.05, 4.69) is 5.92 Å². The Morgan fingerprint density at radius 2 is 2.21 bits per heavy atom. The summed E-state index contributed by atoms with van der Waals surface area (Å²) in [7, 11) is -1.45. The van der Waals surface area contributed by atoms with Crippen molar-refractivity contribution in [2.45, 2.75) is 24.0 Å². The van der Waals surface area contributed by atoms with Crippen molar-refractivity contribution in [1.82, 2.24) is 0 Å². The number of terminal acetylenes is 1. The molecule has 0 N–H and O–H groups in total. The molecule has 1 aliphatic heterocycles. The number of nitrogens with zero attached hydrogens (tertiary/aromatic N) is 1. The number of hydrogen-bond acceptors (Lipinski definition) is 3. The van der Waals surface area contributed by atoms with E-state index in [0.717, 1.165) is 0 Å². The van der Waals surface area contributed by atoms with E-state index in [-0.39, 0.29) is 18.2 Å². The maximum absolute atomic E-state index is 12.3. The predicted molar refractivity (Wildman–Crippen MR) is 73.5 cm³/mol. The first-order chi connectivity index (χ1) is 8.97. The highest BCUT2D eigenvalue weighted by molar-refractivity contribution is 7.86. The summed E-state index contributed by atoms with van der Waals surface area (Å²) in [5, 5.41) is -0.650. The predicted octanol–water partition coefficient (Wildman–Crippen LogP) is 1.37. The van der Waals surface area contributed by atoms with Gasteiger partial charge in [0.2, 0.25) is 5.91 Å². The van der Waals surface area contributed by atoms with Crippen LogP contribution in [0.15, 0.2) is 23.1 Å². The fourth-order valence-electron chi connectivity index (χ4n) is 1.99. The van der Waals surface area contributed by atoms with E-state index in [9.17, 15) is 13.8 Å². The first-order valence-electron chi connectivity index (χ1n) is 5.77. The standard InChI is InChI=1S/C14H13NO3S/c1-4-7-15-12-6-5-11(9(2)16)8-13(12)19(18)10(3)14(15)17/h1,5-6,8,10H,7H2,2-3H3. The molecule has 1 amide bonds. The van der Waals surface area contributed by atoms with Crippen LogP contribution in [0.1, 0.15) is 24.2 Å². The molecule has 0 aromatic heterocycles. The number of amides is 1. The normalized spacial score (nSPS) is 21.7. The third-order valence-electron chi connectivity index (χ3n) is 3.06. The van der Waals surface area contributed by atoms with Gasteiger partial charge in [0.05, 0.1) is 27.9 Å². The zero-order valence-electron chi connectivity index (χ0n) is 10.7. The minimum absolute atomic E-state index is 0.104. The van der Waals surface area contributed by atoms with E-state index in [1.807, 2.05) is 0 Å². The summed E-state index contributed by atoms with van der Waals surface area (Å²) in [5.41, 5.74) is 1.01. The molecule has 5 heteroatoms. The van der Waals surface area contributed by atoms with Crippen molar-refractivity contribution in [1.29, 1.82) is 0 Å². The molecule has 2 rings (SSSR count). The van der Waals surface area contributed by atoms with Gasteiger partial charge < -0.3 is 0 Å². The van der Waals surface area contributed by atoms with Crippen molar-refractivity contribution in [3.63, 3.8) is 0 Å². The van der Waals surface area contributed by atoms with Gasteiger partial charge >= 0.3 is 0 Å². The van der Waals surface area contributed by atoms with Gasteiger partial charge in [-0.3, -0.25) is 18.7 Å². The smallest absolute Gasteiger partial charge is 0.243 e. The van der Waals surface area contributed by atoms with Crippen LogP contribution in [-0.4, -0.2) is 27.7 Å². The maximum Gasteiger partial charge on any atom is 0.243 e. The number of hydrogen-bond donors (Lipinski definition) is 0. The van der Waals surface area contributed by atoms with Gasteiger partial charge in [-0.25, -0.2) is 0 Å². The number of carbonyl (C=O) groups is 2. The molecule has 2 atom stereocenters. The van der Waals surface area contributed by atoms with Crippen LogP contribution in [0, 0.1) is 12.3 Å². The highest BCUT2D eigenvalue weighted by Crippen LogP contribution is 2.32. The minimum atomic E-state index is -1.45. The molecule has 1 heterocycles. The summed E-state index contributed by atoms with van der Waals surface area (Å²) in [4.78, 5) is 25.4. The first-order valence-corrected chi connectivity index (χ1v) is 6.99. The Bertz CT molecular complexity index is 630. The lowest BCUT2D eigenvalue weighted by Gasteiger charge is -2.31. The van der Waals surface area contributed by atoms with Crippen LogP contribution in [0.5, 0.6) is 0 Å². The van der Waals surface area contributed by atoms with Gasteiger partial charge in [0.15, 0.2) is 5.78 Å². The number of carbonyl (C=O) groups excluding carboxylic acids is 2.